The van der Waals surface area contributed by atoms with Crippen LogP contribution in [0.1, 0.15) is 28.9 Å². The Balaban J connectivity index is 1.70. The molecule has 1 aromatic carbocycles. The zero-order valence-corrected chi connectivity index (χ0v) is 16.4. The third-order valence-corrected chi connectivity index (χ3v) is 5.23. The molecule has 5 heteroatoms. The zero-order chi connectivity index (χ0) is 17.8. The van der Waals surface area contributed by atoms with E-state index in [1.807, 2.05) is 50.4 Å². The maximum absolute atomic E-state index is 12.7. The first-order valence-corrected chi connectivity index (χ1v) is 9.55. The number of halogens is 1. The molecule has 0 saturated carbocycles. The van der Waals surface area contributed by atoms with Gasteiger partial charge in [-0.1, -0.05) is 28.1 Å². The standard InChI is InChI=1S/C20H24BrN3O/c1-15-18(20(25)23(2)12-13-24-10-3-4-11-24)8-9-19(22-15)16-6-5-7-17(21)14-16/h5-9,14H,3-4,10-13H2,1-2H3. The minimum absolute atomic E-state index is 0.0463. The number of aromatic nitrogens is 1. The molecule has 0 radical (unpaired) electrons. The van der Waals surface area contributed by atoms with Crippen molar-refractivity contribution in [3.05, 3.63) is 52.1 Å². The lowest BCUT2D eigenvalue weighted by Crippen LogP contribution is -2.35. The molecule has 1 saturated heterocycles. The zero-order valence-electron chi connectivity index (χ0n) is 14.8. The summed E-state index contributed by atoms with van der Waals surface area (Å²) in [6, 6.07) is 11.9. The topological polar surface area (TPSA) is 36.4 Å². The molecule has 0 aliphatic carbocycles. The average Bonchev–Trinajstić information content (AvgIpc) is 3.12. The monoisotopic (exact) mass is 401 g/mol. The fraction of sp³-hybridized carbons (Fsp3) is 0.400. The van der Waals surface area contributed by atoms with Gasteiger partial charge in [0.2, 0.25) is 0 Å². The molecule has 1 aliphatic heterocycles. The molecule has 2 aromatic rings. The van der Waals surface area contributed by atoms with Gasteiger partial charge >= 0.3 is 0 Å². The van der Waals surface area contributed by atoms with E-state index in [4.69, 9.17) is 0 Å². The van der Waals surface area contributed by atoms with Gasteiger partial charge in [0.25, 0.3) is 5.91 Å². The van der Waals surface area contributed by atoms with Crippen molar-refractivity contribution in [3.63, 3.8) is 0 Å². The second-order valence-corrected chi connectivity index (χ2v) is 7.53. The number of hydrogen-bond acceptors (Lipinski definition) is 3. The van der Waals surface area contributed by atoms with Crippen LogP contribution in [-0.4, -0.2) is 53.9 Å². The van der Waals surface area contributed by atoms with Crippen LogP contribution in [0.4, 0.5) is 0 Å². The number of carbonyl (C=O) groups is 1. The molecule has 0 N–H and O–H groups in total. The van der Waals surface area contributed by atoms with Gasteiger partial charge in [0, 0.05) is 30.2 Å². The molecule has 0 spiro atoms. The molecule has 1 aromatic heterocycles. The number of hydrogen-bond donors (Lipinski definition) is 0. The van der Waals surface area contributed by atoms with Gasteiger partial charge in [0.05, 0.1) is 17.0 Å². The SMILES string of the molecule is Cc1nc(-c2cccc(Br)c2)ccc1C(=O)N(C)CCN1CCCC1. The lowest BCUT2D eigenvalue weighted by molar-refractivity contribution is 0.0781. The number of benzene rings is 1. The second-order valence-electron chi connectivity index (χ2n) is 6.62. The summed E-state index contributed by atoms with van der Waals surface area (Å²) < 4.78 is 1.02. The predicted octanol–water partition coefficient (Wildman–Crippen LogP) is 3.99. The summed E-state index contributed by atoms with van der Waals surface area (Å²) in [5, 5.41) is 0. The number of carbonyl (C=O) groups excluding carboxylic acids is 1. The number of aryl methyl sites for hydroxylation is 1. The van der Waals surface area contributed by atoms with Crippen LogP contribution in [0.25, 0.3) is 11.3 Å². The second kappa shape index (κ2) is 8.11. The smallest absolute Gasteiger partial charge is 0.255 e. The summed E-state index contributed by atoms with van der Waals surface area (Å²) >= 11 is 3.49. The van der Waals surface area contributed by atoms with E-state index in [0.717, 1.165) is 47.6 Å². The summed E-state index contributed by atoms with van der Waals surface area (Å²) in [7, 11) is 1.88. The minimum atomic E-state index is 0.0463. The normalized spacial score (nSPS) is 14.7. The van der Waals surface area contributed by atoms with Crippen LogP contribution < -0.4 is 0 Å². The first kappa shape index (κ1) is 18.1. The average molecular weight is 402 g/mol. The molecule has 4 nitrogen and oxygen atoms in total. The Morgan fingerprint density at radius 1 is 1.24 bits per heavy atom. The molecule has 132 valence electrons. The number of likely N-dealkylation sites (N-methyl/N-ethyl adjacent to an activating group) is 1. The number of nitrogens with zero attached hydrogens (tertiary/aromatic N) is 3. The minimum Gasteiger partial charge on any atom is -0.340 e. The first-order chi connectivity index (χ1) is 12.0. The first-order valence-electron chi connectivity index (χ1n) is 8.76. The Labute approximate surface area is 158 Å². The van der Waals surface area contributed by atoms with E-state index in [1.54, 1.807) is 4.90 Å². The number of likely N-dealkylation sites (tertiary alicyclic amines) is 1. The van der Waals surface area contributed by atoms with Crippen LogP contribution >= 0.6 is 15.9 Å². The summed E-state index contributed by atoms with van der Waals surface area (Å²) in [5.41, 5.74) is 3.38. The Bertz CT molecular complexity index is 756. The van der Waals surface area contributed by atoms with Crippen molar-refractivity contribution in [2.75, 3.05) is 33.2 Å². The van der Waals surface area contributed by atoms with Crippen LogP contribution in [0.15, 0.2) is 40.9 Å². The van der Waals surface area contributed by atoms with Gasteiger partial charge in [-0.3, -0.25) is 9.78 Å². The Kier molecular flexibility index (Phi) is 5.86. The van der Waals surface area contributed by atoms with E-state index >= 15 is 0 Å². The van der Waals surface area contributed by atoms with Crippen molar-refractivity contribution in [3.8, 4) is 11.3 Å². The van der Waals surface area contributed by atoms with Crippen LogP contribution in [0.5, 0.6) is 0 Å². The highest BCUT2D eigenvalue weighted by Gasteiger charge is 2.18. The maximum atomic E-state index is 12.7. The summed E-state index contributed by atoms with van der Waals surface area (Å²) in [4.78, 5) is 21.6. The molecule has 1 amide bonds. The van der Waals surface area contributed by atoms with Crippen LogP contribution in [0.3, 0.4) is 0 Å². The van der Waals surface area contributed by atoms with E-state index in [9.17, 15) is 4.79 Å². The van der Waals surface area contributed by atoms with Crippen molar-refractivity contribution in [2.45, 2.75) is 19.8 Å². The Hall–Kier alpha value is -1.72. The fourth-order valence-electron chi connectivity index (χ4n) is 3.20. The van der Waals surface area contributed by atoms with Crippen LogP contribution in [0.2, 0.25) is 0 Å². The van der Waals surface area contributed by atoms with Crippen molar-refractivity contribution in [1.29, 1.82) is 0 Å². The van der Waals surface area contributed by atoms with E-state index < -0.39 is 0 Å². The number of pyridine rings is 1. The molecule has 2 heterocycles. The summed E-state index contributed by atoms with van der Waals surface area (Å²) in [5.74, 6) is 0.0463. The van der Waals surface area contributed by atoms with Crippen molar-refractivity contribution >= 4 is 21.8 Å². The lowest BCUT2D eigenvalue weighted by Gasteiger charge is -2.22. The Morgan fingerprint density at radius 3 is 2.68 bits per heavy atom. The molecule has 0 atom stereocenters. The van der Waals surface area contributed by atoms with Crippen LogP contribution in [-0.2, 0) is 0 Å². The van der Waals surface area contributed by atoms with Crippen molar-refractivity contribution < 1.29 is 4.79 Å². The molecule has 0 unspecified atom stereocenters. The Morgan fingerprint density at radius 2 is 2.00 bits per heavy atom. The van der Waals surface area contributed by atoms with Gasteiger partial charge in [0.15, 0.2) is 0 Å². The molecule has 25 heavy (non-hydrogen) atoms. The van der Waals surface area contributed by atoms with Crippen LogP contribution in [0, 0.1) is 6.92 Å². The molecular weight excluding hydrogens is 378 g/mol. The maximum Gasteiger partial charge on any atom is 0.255 e. The largest absolute Gasteiger partial charge is 0.340 e. The molecule has 3 rings (SSSR count). The van der Waals surface area contributed by atoms with Gasteiger partial charge in [0.1, 0.15) is 0 Å². The van der Waals surface area contributed by atoms with Gasteiger partial charge in [-0.05, 0) is 57.1 Å². The molecule has 1 fully saturated rings. The molecule has 1 aliphatic rings. The lowest BCUT2D eigenvalue weighted by atomic mass is 10.1. The quantitative estimate of drug-likeness (QED) is 0.759. The third-order valence-electron chi connectivity index (χ3n) is 4.73. The highest BCUT2D eigenvalue weighted by Crippen LogP contribution is 2.23. The van der Waals surface area contributed by atoms with Crippen molar-refractivity contribution in [1.82, 2.24) is 14.8 Å². The van der Waals surface area contributed by atoms with E-state index in [0.29, 0.717) is 5.56 Å². The third kappa shape index (κ3) is 4.47. The number of rotatable bonds is 5. The molecule has 0 bridgehead atoms. The van der Waals surface area contributed by atoms with E-state index in [-0.39, 0.29) is 5.91 Å². The highest BCUT2D eigenvalue weighted by molar-refractivity contribution is 9.10. The van der Waals surface area contributed by atoms with E-state index in [2.05, 4.69) is 25.8 Å². The summed E-state index contributed by atoms with van der Waals surface area (Å²) in [6.45, 7) is 5.92. The van der Waals surface area contributed by atoms with Gasteiger partial charge in [-0.15, -0.1) is 0 Å². The van der Waals surface area contributed by atoms with Gasteiger partial charge < -0.3 is 9.80 Å². The predicted molar refractivity (Wildman–Crippen MR) is 105 cm³/mol. The number of amides is 1. The molecular formula is C20H24BrN3O. The van der Waals surface area contributed by atoms with Gasteiger partial charge in [-0.2, -0.15) is 0 Å². The highest BCUT2D eigenvalue weighted by atomic mass is 79.9. The summed E-state index contributed by atoms with van der Waals surface area (Å²) in [6.07, 6.45) is 2.55. The van der Waals surface area contributed by atoms with Gasteiger partial charge in [-0.25, -0.2) is 0 Å². The van der Waals surface area contributed by atoms with E-state index in [1.165, 1.54) is 12.8 Å². The van der Waals surface area contributed by atoms with Crippen molar-refractivity contribution in [2.24, 2.45) is 0 Å². The fourth-order valence-corrected chi connectivity index (χ4v) is 3.60.